The molecule has 0 spiro atoms. The topological polar surface area (TPSA) is 75.7 Å². The van der Waals surface area contributed by atoms with Gasteiger partial charge >= 0.3 is 0 Å². The van der Waals surface area contributed by atoms with Crippen molar-refractivity contribution in [2.45, 2.75) is 12.8 Å². The number of rotatable bonds is 4. The molecule has 0 saturated heterocycles. The molecule has 0 aliphatic carbocycles. The molecule has 2 aromatic rings. The minimum absolute atomic E-state index is 0.121. The van der Waals surface area contributed by atoms with Crippen LogP contribution in [-0.4, -0.2) is 20.4 Å². The van der Waals surface area contributed by atoms with Gasteiger partial charge in [-0.25, -0.2) is 5.10 Å². The predicted octanol–water partition coefficient (Wildman–Crippen LogP) is 1.53. The van der Waals surface area contributed by atoms with Gasteiger partial charge in [-0.2, -0.15) is 5.10 Å². The summed E-state index contributed by atoms with van der Waals surface area (Å²) in [4.78, 5) is 26.4. The van der Waals surface area contributed by atoms with Crippen LogP contribution in [0.5, 0.6) is 0 Å². The largest absolute Gasteiger partial charge is 0.281 e. The number of carbonyl (C=O) groups excluding carboxylic acids is 1. The van der Waals surface area contributed by atoms with Crippen LogP contribution in [0.25, 0.3) is 11.4 Å². The van der Waals surface area contributed by atoms with E-state index >= 15 is 0 Å². The molecule has 1 N–H and O–H groups in total. The van der Waals surface area contributed by atoms with Crippen molar-refractivity contribution in [3.8, 4) is 11.4 Å². The van der Waals surface area contributed by atoms with Gasteiger partial charge in [0.25, 0.3) is 5.56 Å². The van der Waals surface area contributed by atoms with Gasteiger partial charge in [-0.1, -0.05) is 6.07 Å². The zero-order chi connectivity index (χ0) is 13.0. The monoisotopic (exact) mass is 263 g/mol. The molecule has 0 bridgehead atoms. The van der Waals surface area contributed by atoms with Crippen molar-refractivity contribution in [1.82, 2.24) is 15.2 Å². The summed E-state index contributed by atoms with van der Waals surface area (Å²) in [5, 5.41) is 5.84. The third-order valence-electron chi connectivity index (χ3n) is 2.40. The van der Waals surface area contributed by atoms with Gasteiger partial charge in [0.05, 0.1) is 5.69 Å². The minimum atomic E-state index is -0.467. The lowest BCUT2D eigenvalue weighted by Gasteiger charge is -2.01. The summed E-state index contributed by atoms with van der Waals surface area (Å²) in [5.74, 6) is 0. The molecule has 92 valence electrons. The summed E-state index contributed by atoms with van der Waals surface area (Å²) in [6.07, 6.45) is 2.06. The lowest BCUT2D eigenvalue weighted by molar-refractivity contribution is -0.111. The molecule has 0 saturated carbocycles. The maximum absolute atomic E-state index is 11.5. The quantitative estimate of drug-likeness (QED) is 0.849. The summed E-state index contributed by atoms with van der Waals surface area (Å²) in [6, 6.07) is 7.04. The molecule has 2 rings (SSSR count). The highest BCUT2D eigenvalue weighted by Gasteiger charge is 2.07. The summed E-state index contributed by atoms with van der Waals surface area (Å²) >= 11 is 5.26. The fraction of sp³-hybridized carbons (Fsp3) is 0.167. The Morgan fingerprint density at radius 1 is 1.33 bits per heavy atom. The van der Waals surface area contributed by atoms with E-state index in [1.165, 1.54) is 0 Å². The molecule has 0 radical (unpaired) electrons. The SMILES string of the molecule is O=C(Cl)CCc1cc(-c2ccccn2)n[nH]c1=O. The van der Waals surface area contributed by atoms with E-state index < -0.39 is 5.24 Å². The van der Waals surface area contributed by atoms with Crippen molar-refractivity contribution in [2.24, 2.45) is 0 Å². The highest BCUT2D eigenvalue weighted by Crippen LogP contribution is 2.12. The third kappa shape index (κ3) is 3.01. The molecule has 18 heavy (non-hydrogen) atoms. The van der Waals surface area contributed by atoms with Crippen LogP contribution in [0, 0.1) is 0 Å². The summed E-state index contributed by atoms with van der Waals surface area (Å²) in [7, 11) is 0. The number of aromatic nitrogens is 3. The Labute approximate surface area is 108 Å². The van der Waals surface area contributed by atoms with E-state index in [1.54, 1.807) is 24.4 Å². The number of carbonyl (C=O) groups is 1. The maximum atomic E-state index is 11.5. The minimum Gasteiger partial charge on any atom is -0.281 e. The first-order valence-electron chi connectivity index (χ1n) is 5.35. The standard InChI is InChI=1S/C12H10ClN3O2/c13-11(17)5-4-8-7-10(15-16-12(8)18)9-3-1-2-6-14-9/h1-3,6-7H,4-5H2,(H,16,18). The molecular formula is C12H10ClN3O2. The second-order valence-electron chi connectivity index (χ2n) is 3.68. The fourth-order valence-corrected chi connectivity index (χ4v) is 1.60. The first kappa shape index (κ1) is 12.4. The molecule has 0 fully saturated rings. The molecular weight excluding hydrogens is 254 g/mol. The molecule has 0 unspecified atom stereocenters. The van der Waals surface area contributed by atoms with Gasteiger partial charge in [0.2, 0.25) is 5.24 Å². The van der Waals surface area contributed by atoms with E-state index in [1.807, 2.05) is 6.07 Å². The van der Waals surface area contributed by atoms with Gasteiger partial charge < -0.3 is 0 Å². The Hall–Kier alpha value is -2.01. The second kappa shape index (κ2) is 5.55. The molecule has 0 aliphatic rings. The molecule has 6 heteroatoms. The highest BCUT2D eigenvalue weighted by atomic mass is 35.5. The van der Waals surface area contributed by atoms with E-state index in [0.717, 1.165) is 0 Å². The van der Waals surface area contributed by atoms with E-state index in [9.17, 15) is 9.59 Å². The van der Waals surface area contributed by atoms with Crippen LogP contribution in [0.1, 0.15) is 12.0 Å². The van der Waals surface area contributed by atoms with Gasteiger partial charge in [0.1, 0.15) is 5.69 Å². The zero-order valence-electron chi connectivity index (χ0n) is 9.39. The number of aryl methyl sites for hydroxylation is 1. The molecule has 0 aliphatic heterocycles. The number of halogens is 1. The predicted molar refractivity (Wildman–Crippen MR) is 67.3 cm³/mol. The number of pyridine rings is 1. The van der Waals surface area contributed by atoms with Crippen molar-refractivity contribution in [1.29, 1.82) is 0 Å². The van der Waals surface area contributed by atoms with Crippen LogP contribution in [0.15, 0.2) is 35.3 Å². The normalized spacial score (nSPS) is 10.3. The number of H-pyrrole nitrogens is 1. The maximum Gasteiger partial charge on any atom is 0.267 e. The first-order valence-corrected chi connectivity index (χ1v) is 5.73. The average Bonchev–Trinajstić information content (AvgIpc) is 2.38. The van der Waals surface area contributed by atoms with Gasteiger partial charge in [-0.15, -0.1) is 0 Å². The molecule has 2 aromatic heterocycles. The van der Waals surface area contributed by atoms with Crippen molar-refractivity contribution in [3.05, 3.63) is 46.4 Å². The lowest BCUT2D eigenvalue weighted by Crippen LogP contribution is -2.15. The van der Waals surface area contributed by atoms with Crippen LogP contribution in [-0.2, 0) is 11.2 Å². The van der Waals surface area contributed by atoms with Crippen LogP contribution >= 0.6 is 11.6 Å². The summed E-state index contributed by atoms with van der Waals surface area (Å²) in [5.41, 5.74) is 1.38. The average molecular weight is 264 g/mol. The molecule has 0 atom stereocenters. The van der Waals surface area contributed by atoms with Crippen molar-refractivity contribution < 1.29 is 4.79 Å². The second-order valence-corrected chi connectivity index (χ2v) is 4.10. The molecule has 2 heterocycles. The van der Waals surface area contributed by atoms with Crippen LogP contribution in [0.4, 0.5) is 0 Å². The highest BCUT2D eigenvalue weighted by molar-refractivity contribution is 6.63. The van der Waals surface area contributed by atoms with Crippen molar-refractivity contribution in [3.63, 3.8) is 0 Å². The van der Waals surface area contributed by atoms with Gasteiger partial charge in [-0.05, 0) is 36.2 Å². The Morgan fingerprint density at radius 2 is 2.17 bits per heavy atom. The van der Waals surface area contributed by atoms with E-state index in [-0.39, 0.29) is 12.0 Å². The van der Waals surface area contributed by atoms with E-state index in [4.69, 9.17) is 11.6 Å². The van der Waals surface area contributed by atoms with Crippen molar-refractivity contribution >= 4 is 16.8 Å². The van der Waals surface area contributed by atoms with Gasteiger partial charge in [0.15, 0.2) is 0 Å². The number of nitrogens with one attached hydrogen (secondary N) is 1. The third-order valence-corrected chi connectivity index (χ3v) is 2.59. The van der Waals surface area contributed by atoms with Gasteiger partial charge in [0, 0.05) is 18.2 Å². The Balaban J connectivity index is 2.32. The van der Waals surface area contributed by atoms with Crippen LogP contribution < -0.4 is 5.56 Å². The van der Waals surface area contributed by atoms with E-state index in [2.05, 4.69) is 15.2 Å². The van der Waals surface area contributed by atoms with E-state index in [0.29, 0.717) is 23.4 Å². The number of nitrogens with zero attached hydrogens (tertiary/aromatic N) is 2. The molecule has 0 amide bonds. The first-order chi connectivity index (χ1) is 8.66. The molecule has 0 aromatic carbocycles. The zero-order valence-corrected chi connectivity index (χ0v) is 10.1. The molecule has 5 nitrogen and oxygen atoms in total. The Kier molecular flexibility index (Phi) is 3.84. The van der Waals surface area contributed by atoms with Crippen LogP contribution in [0.2, 0.25) is 0 Å². The Morgan fingerprint density at radius 3 is 2.83 bits per heavy atom. The van der Waals surface area contributed by atoms with Crippen molar-refractivity contribution in [2.75, 3.05) is 0 Å². The fourth-order valence-electron chi connectivity index (χ4n) is 1.51. The smallest absolute Gasteiger partial charge is 0.267 e. The van der Waals surface area contributed by atoms with Crippen LogP contribution in [0.3, 0.4) is 0 Å². The number of hydrogen-bond donors (Lipinski definition) is 1. The lowest BCUT2D eigenvalue weighted by atomic mass is 10.1. The van der Waals surface area contributed by atoms with Gasteiger partial charge in [-0.3, -0.25) is 14.6 Å². The summed E-state index contributed by atoms with van der Waals surface area (Å²) in [6.45, 7) is 0. The number of aromatic amines is 1. The Bertz CT molecular complexity index is 610. The number of hydrogen-bond acceptors (Lipinski definition) is 4. The summed E-state index contributed by atoms with van der Waals surface area (Å²) < 4.78 is 0.